The highest BCUT2D eigenvalue weighted by atomic mass is 19.1. The second-order valence-electron chi connectivity index (χ2n) is 7.08. The van der Waals surface area contributed by atoms with Crippen molar-refractivity contribution in [2.45, 2.75) is 33.7 Å². The number of ether oxygens (including phenoxy) is 1. The maximum atomic E-state index is 14.0. The highest BCUT2D eigenvalue weighted by molar-refractivity contribution is 5.81. The van der Waals surface area contributed by atoms with E-state index in [1.165, 1.54) is 12.1 Å². The second kappa shape index (κ2) is 8.09. The van der Waals surface area contributed by atoms with E-state index >= 15 is 0 Å². The molecule has 2 amide bonds. The van der Waals surface area contributed by atoms with Gasteiger partial charge in [-0.3, -0.25) is 0 Å². The van der Waals surface area contributed by atoms with Gasteiger partial charge in [0.1, 0.15) is 11.6 Å². The van der Waals surface area contributed by atoms with Crippen LogP contribution in [0, 0.1) is 12.7 Å². The lowest BCUT2D eigenvalue weighted by atomic mass is 9.87. The zero-order valence-electron chi connectivity index (χ0n) is 17.0. The molecule has 1 aliphatic rings. The van der Waals surface area contributed by atoms with Crippen molar-refractivity contribution in [3.63, 3.8) is 0 Å². The molecule has 6 heteroatoms. The standard InChI is InChI=1S/C22H28FN3O2/c1-5-25(6-2)22(27)26-10-9-16-17(11-14(3)21(24)19(16)13-26)18-12-15(23)7-8-20(18)28-4/h7-8,11-12H,5-6,9-10,13,24H2,1-4H3. The van der Waals surface area contributed by atoms with Gasteiger partial charge in [-0.25, -0.2) is 9.18 Å². The van der Waals surface area contributed by atoms with Crippen molar-refractivity contribution in [2.75, 3.05) is 32.5 Å². The van der Waals surface area contributed by atoms with Crippen LogP contribution in [0.2, 0.25) is 0 Å². The predicted molar refractivity (Wildman–Crippen MR) is 110 cm³/mol. The Kier molecular flexibility index (Phi) is 5.77. The van der Waals surface area contributed by atoms with Crippen LogP contribution in [0.5, 0.6) is 5.75 Å². The van der Waals surface area contributed by atoms with Crippen LogP contribution in [0.25, 0.3) is 11.1 Å². The Bertz CT molecular complexity index is 894. The molecule has 0 fully saturated rings. The number of carbonyl (C=O) groups excluding carboxylic acids is 1. The molecule has 2 aromatic carbocycles. The van der Waals surface area contributed by atoms with Crippen molar-refractivity contribution in [1.82, 2.24) is 9.80 Å². The van der Waals surface area contributed by atoms with E-state index in [2.05, 4.69) is 0 Å². The average molecular weight is 385 g/mol. The summed E-state index contributed by atoms with van der Waals surface area (Å²) >= 11 is 0. The maximum Gasteiger partial charge on any atom is 0.320 e. The summed E-state index contributed by atoms with van der Waals surface area (Å²) in [5, 5.41) is 0. The number of nitrogen functional groups attached to an aromatic ring is 1. The number of methoxy groups -OCH3 is 1. The van der Waals surface area contributed by atoms with E-state index in [0.717, 1.165) is 22.3 Å². The smallest absolute Gasteiger partial charge is 0.320 e. The minimum atomic E-state index is -0.312. The maximum absolute atomic E-state index is 14.0. The molecular weight excluding hydrogens is 357 g/mol. The third kappa shape index (κ3) is 3.51. The fourth-order valence-electron chi connectivity index (χ4n) is 3.92. The summed E-state index contributed by atoms with van der Waals surface area (Å²) in [6.45, 7) is 8.31. The largest absolute Gasteiger partial charge is 0.496 e. The molecule has 2 aromatic rings. The lowest BCUT2D eigenvalue weighted by Crippen LogP contribution is -2.45. The van der Waals surface area contributed by atoms with Crippen molar-refractivity contribution in [1.29, 1.82) is 0 Å². The fraction of sp³-hybridized carbons (Fsp3) is 0.409. The van der Waals surface area contributed by atoms with Crippen molar-refractivity contribution in [2.24, 2.45) is 0 Å². The van der Waals surface area contributed by atoms with Crippen LogP contribution in [0.4, 0.5) is 14.9 Å². The summed E-state index contributed by atoms with van der Waals surface area (Å²) in [5.41, 5.74) is 11.7. The van der Waals surface area contributed by atoms with Gasteiger partial charge in [0, 0.05) is 37.4 Å². The average Bonchev–Trinajstić information content (AvgIpc) is 2.71. The van der Waals surface area contributed by atoms with E-state index in [0.29, 0.717) is 49.6 Å². The molecule has 1 aliphatic heterocycles. The molecule has 2 N–H and O–H groups in total. The van der Waals surface area contributed by atoms with E-state index in [1.807, 2.05) is 36.6 Å². The van der Waals surface area contributed by atoms with Crippen LogP contribution in [0.1, 0.15) is 30.5 Å². The van der Waals surface area contributed by atoms with Gasteiger partial charge in [-0.05, 0) is 73.7 Å². The second-order valence-corrected chi connectivity index (χ2v) is 7.08. The first-order chi connectivity index (χ1) is 13.4. The van der Waals surface area contributed by atoms with E-state index in [4.69, 9.17) is 10.5 Å². The predicted octanol–water partition coefficient (Wildman–Crippen LogP) is 4.21. The van der Waals surface area contributed by atoms with Gasteiger partial charge in [0.15, 0.2) is 0 Å². The van der Waals surface area contributed by atoms with E-state index in [9.17, 15) is 9.18 Å². The monoisotopic (exact) mass is 385 g/mol. The van der Waals surface area contributed by atoms with Crippen LogP contribution < -0.4 is 10.5 Å². The van der Waals surface area contributed by atoms with Crippen molar-refractivity contribution < 1.29 is 13.9 Å². The van der Waals surface area contributed by atoms with Crippen LogP contribution in [-0.4, -0.2) is 42.6 Å². The number of amides is 2. The number of fused-ring (bicyclic) bond motifs is 1. The molecule has 1 heterocycles. The van der Waals surface area contributed by atoms with Crippen LogP contribution in [0.3, 0.4) is 0 Å². The number of benzene rings is 2. The Balaban J connectivity index is 2.08. The molecule has 5 nitrogen and oxygen atoms in total. The van der Waals surface area contributed by atoms with Gasteiger partial charge in [0.25, 0.3) is 0 Å². The normalized spacial score (nSPS) is 13.2. The minimum Gasteiger partial charge on any atom is -0.496 e. The number of halogens is 1. The molecule has 150 valence electrons. The lowest BCUT2D eigenvalue weighted by molar-refractivity contribution is 0.152. The number of carbonyl (C=O) groups is 1. The van der Waals surface area contributed by atoms with Crippen molar-refractivity contribution in [3.05, 3.63) is 46.8 Å². The Morgan fingerprint density at radius 1 is 1.21 bits per heavy atom. The van der Waals surface area contributed by atoms with Crippen molar-refractivity contribution >= 4 is 11.7 Å². The number of hydrogen-bond donors (Lipinski definition) is 1. The molecule has 0 spiro atoms. The van der Waals surface area contributed by atoms with Gasteiger partial charge in [0.2, 0.25) is 0 Å². The summed E-state index contributed by atoms with van der Waals surface area (Å²) < 4.78 is 19.4. The SMILES string of the molecule is CCN(CC)C(=O)N1CCc2c(-c3cc(F)ccc3OC)cc(C)c(N)c2C1. The number of rotatable bonds is 4. The minimum absolute atomic E-state index is 0.0291. The summed E-state index contributed by atoms with van der Waals surface area (Å²) in [7, 11) is 1.58. The van der Waals surface area contributed by atoms with Crippen LogP contribution in [0.15, 0.2) is 24.3 Å². The molecule has 0 aromatic heterocycles. The summed E-state index contributed by atoms with van der Waals surface area (Å²) in [4.78, 5) is 16.5. The third-order valence-electron chi connectivity index (χ3n) is 5.54. The molecule has 28 heavy (non-hydrogen) atoms. The topological polar surface area (TPSA) is 58.8 Å². The molecule has 0 unspecified atom stereocenters. The third-order valence-corrected chi connectivity index (χ3v) is 5.54. The summed E-state index contributed by atoms with van der Waals surface area (Å²) in [6.07, 6.45) is 0.668. The Morgan fingerprint density at radius 3 is 2.57 bits per heavy atom. The Hall–Kier alpha value is -2.76. The number of aryl methyl sites for hydroxylation is 1. The van der Waals surface area contributed by atoms with Gasteiger partial charge in [-0.1, -0.05) is 0 Å². The zero-order chi connectivity index (χ0) is 20.4. The Morgan fingerprint density at radius 2 is 1.93 bits per heavy atom. The molecule has 0 radical (unpaired) electrons. The van der Waals surface area contributed by atoms with E-state index in [1.54, 1.807) is 13.2 Å². The summed E-state index contributed by atoms with van der Waals surface area (Å²) in [5.74, 6) is 0.308. The molecule has 3 rings (SSSR count). The zero-order valence-corrected chi connectivity index (χ0v) is 17.0. The number of anilines is 1. The Labute approximate surface area is 165 Å². The van der Waals surface area contributed by atoms with E-state index < -0.39 is 0 Å². The number of urea groups is 1. The molecule has 0 saturated carbocycles. The molecule has 0 saturated heterocycles. The fourth-order valence-corrected chi connectivity index (χ4v) is 3.92. The lowest BCUT2D eigenvalue weighted by Gasteiger charge is -2.35. The quantitative estimate of drug-likeness (QED) is 0.802. The van der Waals surface area contributed by atoms with Crippen LogP contribution in [-0.2, 0) is 13.0 Å². The van der Waals surface area contributed by atoms with Crippen LogP contribution >= 0.6 is 0 Å². The van der Waals surface area contributed by atoms with Gasteiger partial charge < -0.3 is 20.3 Å². The first-order valence-electron chi connectivity index (χ1n) is 9.69. The van der Waals surface area contributed by atoms with Gasteiger partial charge >= 0.3 is 6.03 Å². The van der Waals surface area contributed by atoms with Crippen molar-refractivity contribution in [3.8, 4) is 16.9 Å². The highest BCUT2D eigenvalue weighted by Gasteiger charge is 2.28. The van der Waals surface area contributed by atoms with Gasteiger partial charge in [-0.15, -0.1) is 0 Å². The first kappa shape index (κ1) is 20.0. The van der Waals surface area contributed by atoms with Gasteiger partial charge in [0.05, 0.1) is 7.11 Å². The number of hydrogen-bond acceptors (Lipinski definition) is 3. The number of nitrogens with zero attached hydrogens (tertiary/aromatic N) is 2. The van der Waals surface area contributed by atoms with E-state index in [-0.39, 0.29) is 11.8 Å². The molecule has 0 atom stereocenters. The highest BCUT2D eigenvalue weighted by Crippen LogP contribution is 2.40. The molecular formula is C22H28FN3O2. The van der Waals surface area contributed by atoms with Gasteiger partial charge in [-0.2, -0.15) is 0 Å². The summed E-state index contributed by atoms with van der Waals surface area (Å²) in [6, 6.07) is 6.55. The molecule has 0 bridgehead atoms. The first-order valence-corrected chi connectivity index (χ1v) is 9.69. The molecule has 0 aliphatic carbocycles. The number of nitrogens with two attached hydrogens (primary N) is 1.